The van der Waals surface area contributed by atoms with Gasteiger partial charge in [-0.1, -0.05) is 0 Å². The third-order valence-corrected chi connectivity index (χ3v) is 4.65. The van der Waals surface area contributed by atoms with Crippen molar-refractivity contribution in [2.75, 3.05) is 13.1 Å². The van der Waals surface area contributed by atoms with E-state index in [0.29, 0.717) is 31.5 Å². The summed E-state index contributed by atoms with van der Waals surface area (Å²) in [5.41, 5.74) is 0.640. The molecule has 1 saturated heterocycles. The Bertz CT molecular complexity index is 513. The third kappa shape index (κ3) is 3.47. The predicted octanol–water partition coefficient (Wildman–Crippen LogP) is 2.99. The number of carboxylic acid groups (broad SMARTS) is 1. The second-order valence-electron chi connectivity index (χ2n) is 4.53. The van der Waals surface area contributed by atoms with Gasteiger partial charge in [-0.05, 0) is 69.6 Å². The molecule has 0 aliphatic carbocycles. The Labute approximate surface area is 133 Å². The van der Waals surface area contributed by atoms with E-state index in [4.69, 9.17) is 5.11 Å². The lowest BCUT2D eigenvalue weighted by molar-refractivity contribution is -0.143. The van der Waals surface area contributed by atoms with E-state index in [1.807, 2.05) is 18.2 Å². The monoisotopic (exact) mass is 437 g/mol. The standard InChI is InChI=1S/C13H13BrINO3/c14-11-2-1-9(15)7-10(11)12(17)16-5-3-8(4-6-16)13(18)19/h1-2,7-8H,3-6H2,(H,18,19). The van der Waals surface area contributed by atoms with Crippen LogP contribution in [0.2, 0.25) is 0 Å². The van der Waals surface area contributed by atoms with Crippen LogP contribution < -0.4 is 0 Å². The van der Waals surface area contributed by atoms with Crippen molar-refractivity contribution in [3.63, 3.8) is 0 Å². The number of piperidine rings is 1. The van der Waals surface area contributed by atoms with Gasteiger partial charge in [0.25, 0.3) is 5.91 Å². The van der Waals surface area contributed by atoms with Crippen LogP contribution in [-0.4, -0.2) is 35.0 Å². The molecule has 1 amide bonds. The van der Waals surface area contributed by atoms with Crippen molar-refractivity contribution in [1.29, 1.82) is 0 Å². The number of hydrogen-bond donors (Lipinski definition) is 1. The summed E-state index contributed by atoms with van der Waals surface area (Å²) < 4.78 is 1.78. The number of likely N-dealkylation sites (tertiary alicyclic amines) is 1. The number of rotatable bonds is 2. The summed E-state index contributed by atoms with van der Waals surface area (Å²) in [6.45, 7) is 1.02. The number of hydrogen-bond acceptors (Lipinski definition) is 2. The number of benzene rings is 1. The van der Waals surface area contributed by atoms with Crippen molar-refractivity contribution in [3.05, 3.63) is 31.8 Å². The van der Waals surface area contributed by atoms with Gasteiger partial charge in [-0.25, -0.2) is 0 Å². The van der Waals surface area contributed by atoms with Gasteiger partial charge in [-0.3, -0.25) is 9.59 Å². The van der Waals surface area contributed by atoms with Gasteiger partial charge in [0.2, 0.25) is 0 Å². The summed E-state index contributed by atoms with van der Waals surface area (Å²) in [6.07, 6.45) is 1.06. The molecular formula is C13H13BrINO3. The fourth-order valence-electron chi connectivity index (χ4n) is 2.16. The average molecular weight is 438 g/mol. The SMILES string of the molecule is O=C(O)C1CCN(C(=O)c2cc(I)ccc2Br)CC1. The first-order valence-electron chi connectivity index (χ1n) is 5.96. The van der Waals surface area contributed by atoms with Gasteiger partial charge in [0.15, 0.2) is 0 Å². The number of aliphatic carboxylic acids is 1. The maximum Gasteiger partial charge on any atom is 0.306 e. The molecule has 102 valence electrons. The van der Waals surface area contributed by atoms with E-state index in [1.54, 1.807) is 4.90 Å². The van der Waals surface area contributed by atoms with Crippen molar-refractivity contribution in [1.82, 2.24) is 4.90 Å². The van der Waals surface area contributed by atoms with E-state index < -0.39 is 5.97 Å². The fraction of sp³-hybridized carbons (Fsp3) is 0.385. The van der Waals surface area contributed by atoms with Gasteiger partial charge < -0.3 is 10.0 Å². The van der Waals surface area contributed by atoms with Crippen molar-refractivity contribution < 1.29 is 14.7 Å². The van der Waals surface area contributed by atoms with Crippen molar-refractivity contribution in [3.8, 4) is 0 Å². The highest BCUT2D eigenvalue weighted by molar-refractivity contribution is 14.1. The summed E-state index contributed by atoms with van der Waals surface area (Å²) in [5.74, 6) is -1.11. The zero-order chi connectivity index (χ0) is 14.0. The Morgan fingerprint density at radius 2 is 1.95 bits per heavy atom. The van der Waals surface area contributed by atoms with Crippen LogP contribution >= 0.6 is 38.5 Å². The fourth-order valence-corrected chi connectivity index (χ4v) is 3.07. The molecule has 1 aromatic carbocycles. The number of carboxylic acids is 1. The van der Waals surface area contributed by atoms with Gasteiger partial charge in [0.1, 0.15) is 0 Å². The van der Waals surface area contributed by atoms with Crippen molar-refractivity contribution in [2.45, 2.75) is 12.8 Å². The summed E-state index contributed by atoms with van der Waals surface area (Å²) in [4.78, 5) is 25.0. The minimum Gasteiger partial charge on any atom is -0.481 e. The maximum atomic E-state index is 12.4. The molecular weight excluding hydrogens is 425 g/mol. The van der Waals surface area contributed by atoms with Gasteiger partial charge in [0, 0.05) is 21.1 Å². The number of carbonyl (C=O) groups is 2. The summed E-state index contributed by atoms with van der Waals surface area (Å²) in [7, 11) is 0. The van der Waals surface area contributed by atoms with Crippen LogP contribution in [0.3, 0.4) is 0 Å². The molecule has 19 heavy (non-hydrogen) atoms. The molecule has 1 N–H and O–H groups in total. The minimum atomic E-state index is -0.762. The van der Waals surface area contributed by atoms with Crippen LogP contribution in [0.1, 0.15) is 23.2 Å². The van der Waals surface area contributed by atoms with Crippen LogP contribution in [-0.2, 0) is 4.79 Å². The molecule has 1 aliphatic heterocycles. The van der Waals surface area contributed by atoms with Gasteiger partial charge in [-0.2, -0.15) is 0 Å². The Hall–Kier alpha value is -0.630. The molecule has 1 aromatic rings. The molecule has 0 atom stereocenters. The number of halogens is 2. The van der Waals surface area contributed by atoms with Crippen LogP contribution in [0.15, 0.2) is 22.7 Å². The largest absolute Gasteiger partial charge is 0.481 e. The minimum absolute atomic E-state index is 0.0331. The molecule has 2 rings (SSSR count). The highest BCUT2D eigenvalue weighted by atomic mass is 127. The molecule has 4 nitrogen and oxygen atoms in total. The molecule has 1 aliphatic rings. The Kier molecular flexibility index (Phi) is 4.83. The lowest BCUT2D eigenvalue weighted by Gasteiger charge is -2.30. The number of carbonyl (C=O) groups excluding carboxylic acids is 1. The molecule has 0 radical (unpaired) electrons. The second-order valence-corrected chi connectivity index (χ2v) is 6.63. The lowest BCUT2D eigenvalue weighted by atomic mass is 9.96. The highest BCUT2D eigenvalue weighted by Gasteiger charge is 2.28. The Balaban J connectivity index is 2.09. The first-order valence-corrected chi connectivity index (χ1v) is 7.83. The van der Waals surface area contributed by atoms with E-state index in [9.17, 15) is 9.59 Å². The van der Waals surface area contributed by atoms with E-state index >= 15 is 0 Å². The summed E-state index contributed by atoms with van der Waals surface area (Å²) in [6, 6.07) is 5.63. The second kappa shape index (κ2) is 6.21. The van der Waals surface area contributed by atoms with Crippen LogP contribution in [0.5, 0.6) is 0 Å². The third-order valence-electron chi connectivity index (χ3n) is 3.29. The molecule has 0 spiro atoms. The molecule has 0 unspecified atom stereocenters. The zero-order valence-corrected chi connectivity index (χ0v) is 13.8. The van der Waals surface area contributed by atoms with Gasteiger partial charge >= 0.3 is 5.97 Å². The predicted molar refractivity (Wildman–Crippen MR) is 83.1 cm³/mol. The van der Waals surface area contributed by atoms with E-state index in [-0.39, 0.29) is 11.8 Å². The highest BCUT2D eigenvalue weighted by Crippen LogP contribution is 2.24. The molecule has 1 fully saturated rings. The van der Waals surface area contributed by atoms with Crippen LogP contribution in [0.25, 0.3) is 0 Å². The summed E-state index contributed by atoms with van der Waals surface area (Å²) in [5, 5.41) is 8.95. The van der Waals surface area contributed by atoms with Crippen LogP contribution in [0.4, 0.5) is 0 Å². The van der Waals surface area contributed by atoms with Crippen LogP contribution in [0, 0.1) is 9.49 Å². The summed E-state index contributed by atoms with van der Waals surface area (Å²) >= 11 is 5.56. The van der Waals surface area contributed by atoms with Crippen molar-refractivity contribution in [2.24, 2.45) is 5.92 Å². The van der Waals surface area contributed by atoms with E-state index in [0.717, 1.165) is 8.04 Å². The molecule has 0 bridgehead atoms. The lowest BCUT2D eigenvalue weighted by Crippen LogP contribution is -2.40. The molecule has 1 heterocycles. The molecule has 6 heteroatoms. The average Bonchev–Trinajstić information content (AvgIpc) is 2.41. The van der Waals surface area contributed by atoms with Crippen molar-refractivity contribution >= 4 is 50.4 Å². The maximum absolute atomic E-state index is 12.4. The molecule has 0 aromatic heterocycles. The Morgan fingerprint density at radius 1 is 1.32 bits per heavy atom. The topological polar surface area (TPSA) is 57.6 Å². The first kappa shape index (κ1) is 14.8. The number of amides is 1. The van der Waals surface area contributed by atoms with E-state index in [2.05, 4.69) is 38.5 Å². The first-order chi connectivity index (χ1) is 8.99. The molecule has 0 saturated carbocycles. The Morgan fingerprint density at radius 3 is 2.53 bits per heavy atom. The van der Waals surface area contributed by atoms with Gasteiger partial charge in [0.05, 0.1) is 11.5 Å². The normalized spacial score (nSPS) is 16.4. The van der Waals surface area contributed by atoms with E-state index in [1.165, 1.54) is 0 Å². The number of nitrogens with zero attached hydrogens (tertiary/aromatic N) is 1. The van der Waals surface area contributed by atoms with Gasteiger partial charge in [-0.15, -0.1) is 0 Å². The zero-order valence-electron chi connectivity index (χ0n) is 10.1. The quantitative estimate of drug-likeness (QED) is 0.723. The smallest absolute Gasteiger partial charge is 0.306 e.